The Morgan fingerprint density at radius 1 is 1.06 bits per heavy atom. The molecule has 2 aliphatic heterocycles. The second-order valence-corrected chi connectivity index (χ2v) is 13.0. The maximum atomic E-state index is 12.4. The van der Waals surface area contributed by atoms with Crippen molar-refractivity contribution in [3.05, 3.63) is 47.7 Å². The van der Waals surface area contributed by atoms with Gasteiger partial charge in [0.25, 0.3) is 0 Å². The Balaban J connectivity index is 1.41. The van der Waals surface area contributed by atoms with E-state index >= 15 is 0 Å². The second kappa shape index (κ2) is 9.39. The lowest BCUT2D eigenvalue weighted by Gasteiger charge is -2.48. The fourth-order valence-electron chi connectivity index (χ4n) is 4.90. The van der Waals surface area contributed by atoms with E-state index in [1.165, 1.54) is 6.20 Å². The van der Waals surface area contributed by atoms with Crippen LogP contribution in [0.2, 0.25) is 0 Å². The van der Waals surface area contributed by atoms with Gasteiger partial charge in [0.15, 0.2) is 9.84 Å². The Bertz CT molecular complexity index is 1150. The maximum Gasteiger partial charge on any atom is 0.390 e. The number of hydrogen-bond acceptors (Lipinski definition) is 5. The molecule has 0 unspecified atom stereocenters. The molecule has 0 amide bonds. The molecule has 5 nitrogen and oxygen atoms in total. The minimum atomic E-state index is -4.49. The van der Waals surface area contributed by atoms with Crippen molar-refractivity contribution in [1.29, 1.82) is 0 Å². The molecule has 9 heteroatoms. The molecule has 3 heterocycles. The fraction of sp³-hybridized carbons (Fsp3) is 0.577. The van der Waals surface area contributed by atoms with Gasteiger partial charge in [-0.25, -0.2) is 8.42 Å². The van der Waals surface area contributed by atoms with E-state index in [0.29, 0.717) is 11.3 Å². The van der Waals surface area contributed by atoms with Gasteiger partial charge in [-0.1, -0.05) is 6.07 Å². The molecule has 0 radical (unpaired) electrons. The summed E-state index contributed by atoms with van der Waals surface area (Å²) in [5, 5.41) is 0. The number of halogens is 3. The zero-order chi connectivity index (χ0) is 25.5. The van der Waals surface area contributed by atoms with Crippen LogP contribution in [0.15, 0.2) is 36.5 Å². The summed E-state index contributed by atoms with van der Waals surface area (Å²) in [5.74, 6) is -0.460. The normalized spacial score (nSPS) is 18.8. The molecule has 1 aromatic carbocycles. The van der Waals surface area contributed by atoms with E-state index in [9.17, 15) is 21.6 Å². The van der Waals surface area contributed by atoms with Gasteiger partial charge in [-0.15, -0.1) is 0 Å². The topological polar surface area (TPSA) is 59.5 Å². The molecule has 0 aliphatic carbocycles. The Morgan fingerprint density at radius 2 is 1.77 bits per heavy atom. The number of aromatic nitrogens is 1. The van der Waals surface area contributed by atoms with Crippen LogP contribution in [0.1, 0.15) is 57.6 Å². The Morgan fingerprint density at radius 3 is 2.37 bits per heavy atom. The lowest BCUT2D eigenvalue weighted by molar-refractivity contribution is -0.129. The third kappa shape index (κ3) is 6.55. The van der Waals surface area contributed by atoms with Gasteiger partial charge in [-0.05, 0) is 81.8 Å². The highest BCUT2D eigenvalue weighted by Gasteiger charge is 2.41. The van der Waals surface area contributed by atoms with Crippen molar-refractivity contribution in [3.8, 4) is 17.0 Å². The van der Waals surface area contributed by atoms with Gasteiger partial charge >= 0.3 is 6.18 Å². The number of piperidine rings is 1. The van der Waals surface area contributed by atoms with Gasteiger partial charge < -0.3 is 4.74 Å². The van der Waals surface area contributed by atoms with Crippen molar-refractivity contribution in [2.45, 2.75) is 75.9 Å². The van der Waals surface area contributed by atoms with Crippen LogP contribution >= 0.6 is 0 Å². The van der Waals surface area contributed by atoms with Crippen LogP contribution in [0.25, 0.3) is 11.3 Å². The minimum Gasteiger partial charge on any atom is -0.487 e. The average Bonchev–Trinajstić information content (AvgIpc) is 2.77. The van der Waals surface area contributed by atoms with E-state index in [-0.39, 0.29) is 11.1 Å². The molecular weight excluding hydrogens is 477 g/mol. The van der Waals surface area contributed by atoms with Gasteiger partial charge in [0, 0.05) is 30.4 Å². The number of benzene rings is 1. The molecule has 1 fully saturated rings. The molecule has 192 valence electrons. The number of hydrogen-bond donors (Lipinski definition) is 0. The van der Waals surface area contributed by atoms with E-state index in [4.69, 9.17) is 4.74 Å². The number of ether oxygens (including phenoxy) is 1. The monoisotopic (exact) mass is 510 g/mol. The van der Waals surface area contributed by atoms with Crippen LogP contribution in [0.5, 0.6) is 5.75 Å². The van der Waals surface area contributed by atoms with E-state index in [0.717, 1.165) is 55.6 Å². The Hall–Kier alpha value is -2.13. The number of rotatable bonds is 5. The molecule has 0 atom stereocenters. The summed E-state index contributed by atoms with van der Waals surface area (Å²) in [7, 11) is -3.86. The molecule has 0 N–H and O–H groups in total. The number of fused-ring (bicyclic) bond motifs is 1. The molecular formula is C26H33F3N2O3S. The van der Waals surface area contributed by atoms with Crippen molar-refractivity contribution in [3.63, 3.8) is 0 Å². The number of alkyl halides is 3. The Labute approximate surface area is 205 Å². The van der Waals surface area contributed by atoms with Crippen molar-refractivity contribution >= 4 is 9.84 Å². The van der Waals surface area contributed by atoms with E-state index in [2.05, 4.69) is 36.7 Å². The quantitative estimate of drug-likeness (QED) is 0.526. The summed E-state index contributed by atoms with van der Waals surface area (Å²) in [6.45, 7) is 8.79. The lowest BCUT2D eigenvalue weighted by Crippen LogP contribution is -2.54. The fourth-order valence-corrected chi connectivity index (χ4v) is 6.26. The number of likely N-dealkylation sites (tertiary alicyclic amines) is 1. The molecule has 0 saturated carbocycles. The molecule has 1 aromatic heterocycles. The highest BCUT2D eigenvalue weighted by Crippen LogP contribution is 2.41. The molecule has 2 aromatic rings. The first kappa shape index (κ1) is 25.9. The third-order valence-electron chi connectivity index (χ3n) is 7.06. The zero-order valence-corrected chi connectivity index (χ0v) is 21.3. The van der Waals surface area contributed by atoms with Gasteiger partial charge in [0.1, 0.15) is 11.4 Å². The highest BCUT2D eigenvalue weighted by molar-refractivity contribution is 7.90. The van der Waals surface area contributed by atoms with Crippen LogP contribution in [0.3, 0.4) is 0 Å². The van der Waals surface area contributed by atoms with Crippen LogP contribution in [0.4, 0.5) is 13.2 Å². The molecule has 35 heavy (non-hydrogen) atoms. The van der Waals surface area contributed by atoms with E-state index in [1.54, 1.807) is 12.1 Å². The molecule has 4 rings (SSSR count). The number of pyridine rings is 1. The standard InChI is InChI=1S/C26H33F3N2O3S/c1-24(2,3)31-13-10-25(11-14-31)9-8-21-16-20(5-7-23(21)34-25)22-6-4-19(17-30-22)18-35(32,33)15-12-26(27,28)29/h4-7,16-17H,8-15,18H2,1-3H3. The summed E-state index contributed by atoms with van der Waals surface area (Å²) < 4.78 is 67.6. The first-order valence-electron chi connectivity index (χ1n) is 12.0. The summed E-state index contributed by atoms with van der Waals surface area (Å²) in [6.07, 6.45) is -0.476. The van der Waals surface area contributed by atoms with Crippen LogP contribution in [-0.4, -0.2) is 54.5 Å². The summed E-state index contributed by atoms with van der Waals surface area (Å²) in [5.41, 5.74) is 3.15. The first-order valence-corrected chi connectivity index (χ1v) is 13.9. The number of aryl methyl sites for hydroxylation is 1. The lowest BCUT2D eigenvalue weighted by atomic mass is 9.81. The van der Waals surface area contributed by atoms with Gasteiger partial charge in [0.2, 0.25) is 0 Å². The zero-order valence-electron chi connectivity index (χ0n) is 20.5. The smallest absolute Gasteiger partial charge is 0.390 e. The molecule has 2 aliphatic rings. The van der Waals surface area contributed by atoms with E-state index < -0.39 is 33.9 Å². The van der Waals surface area contributed by atoms with Gasteiger partial charge in [-0.3, -0.25) is 9.88 Å². The SMILES string of the molecule is CC(C)(C)N1CCC2(CCc3cc(-c4ccc(CS(=O)(=O)CCC(F)(F)F)cn4)ccc3O2)CC1. The summed E-state index contributed by atoms with van der Waals surface area (Å²) in [6, 6.07) is 9.32. The Kier molecular flexibility index (Phi) is 6.96. The van der Waals surface area contributed by atoms with Gasteiger partial charge in [0.05, 0.1) is 23.6 Å². The summed E-state index contributed by atoms with van der Waals surface area (Å²) >= 11 is 0. The predicted octanol–water partition coefficient (Wildman–Crippen LogP) is 5.57. The molecule has 1 spiro atoms. The van der Waals surface area contributed by atoms with Crippen LogP contribution in [-0.2, 0) is 22.0 Å². The van der Waals surface area contributed by atoms with Crippen molar-refractivity contribution < 1.29 is 26.3 Å². The van der Waals surface area contributed by atoms with Crippen LogP contribution < -0.4 is 4.74 Å². The average molecular weight is 511 g/mol. The van der Waals surface area contributed by atoms with E-state index in [1.807, 2.05) is 12.1 Å². The van der Waals surface area contributed by atoms with Crippen molar-refractivity contribution in [1.82, 2.24) is 9.88 Å². The molecule has 1 saturated heterocycles. The third-order valence-corrected chi connectivity index (χ3v) is 8.66. The number of nitrogens with zero attached hydrogens (tertiary/aromatic N) is 2. The van der Waals surface area contributed by atoms with Crippen molar-refractivity contribution in [2.24, 2.45) is 0 Å². The first-order chi connectivity index (χ1) is 16.2. The number of sulfone groups is 1. The minimum absolute atomic E-state index is 0.103. The second-order valence-electron chi connectivity index (χ2n) is 10.8. The molecule has 0 bridgehead atoms. The summed E-state index contributed by atoms with van der Waals surface area (Å²) in [4.78, 5) is 6.88. The van der Waals surface area contributed by atoms with Crippen molar-refractivity contribution in [2.75, 3.05) is 18.8 Å². The largest absolute Gasteiger partial charge is 0.487 e. The maximum absolute atomic E-state index is 12.4. The van der Waals surface area contributed by atoms with Crippen LogP contribution in [0, 0.1) is 0 Å². The van der Waals surface area contributed by atoms with Gasteiger partial charge in [-0.2, -0.15) is 13.2 Å². The predicted molar refractivity (Wildman–Crippen MR) is 130 cm³/mol. The highest BCUT2D eigenvalue weighted by atomic mass is 32.2.